The van der Waals surface area contributed by atoms with Gasteiger partial charge in [0.1, 0.15) is 0 Å². The number of hydrogen-bond donors (Lipinski definition) is 0. The van der Waals surface area contributed by atoms with Crippen LogP contribution in [0.3, 0.4) is 0 Å². The van der Waals surface area contributed by atoms with Crippen LogP contribution in [0.4, 0.5) is 17.1 Å². The van der Waals surface area contributed by atoms with Crippen molar-refractivity contribution in [2.75, 3.05) is 4.90 Å². The van der Waals surface area contributed by atoms with Gasteiger partial charge in [0.25, 0.3) is 0 Å². The molecule has 0 radical (unpaired) electrons. The van der Waals surface area contributed by atoms with Gasteiger partial charge in [-0.2, -0.15) is 0 Å². The molecule has 0 aliphatic heterocycles. The number of rotatable bonds is 7. The summed E-state index contributed by atoms with van der Waals surface area (Å²) < 4.78 is 2.46. The van der Waals surface area contributed by atoms with Crippen molar-refractivity contribution in [3.63, 3.8) is 0 Å². The summed E-state index contributed by atoms with van der Waals surface area (Å²) in [6.45, 7) is 9.48. The second-order valence-electron chi connectivity index (χ2n) is 19.7. The molecule has 0 amide bonds. The highest BCUT2D eigenvalue weighted by Gasteiger charge is 2.38. The summed E-state index contributed by atoms with van der Waals surface area (Å²) in [7, 11) is 0. The number of hydrogen-bond acceptors (Lipinski definition) is 1. The molecule has 0 saturated carbocycles. The van der Waals surface area contributed by atoms with Gasteiger partial charge in [0.2, 0.25) is 0 Å². The third-order valence-electron chi connectivity index (χ3n) is 15.2. The predicted molar refractivity (Wildman–Crippen MR) is 287 cm³/mol. The molecule has 2 heteroatoms. The van der Waals surface area contributed by atoms with Crippen LogP contribution in [0.5, 0.6) is 0 Å². The Hall–Kier alpha value is -8.20. The van der Waals surface area contributed by atoms with Crippen LogP contribution >= 0.6 is 0 Å². The molecule has 0 bridgehead atoms. The Balaban J connectivity index is 0.973. The van der Waals surface area contributed by atoms with Crippen molar-refractivity contribution in [3.8, 4) is 61.3 Å². The Labute approximate surface area is 399 Å². The van der Waals surface area contributed by atoms with Gasteiger partial charge in [-0.3, -0.25) is 0 Å². The molecular weight excluding hydrogens is 821 g/mol. The monoisotopic (exact) mass is 870 g/mol. The van der Waals surface area contributed by atoms with E-state index in [2.05, 4.69) is 268 Å². The maximum Gasteiger partial charge on any atom is 0.0619 e. The van der Waals surface area contributed by atoms with E-state index in [0.29, 0.717) is 0 Å². The first-order valence-electron chi connectivity index (χ1n) is 23.9. The fourth-order valence-electron chi connectivity index (χ4n) is 11.7. The molecule has 0 N–H and O–H groups in total. The van der Waals surface area contributed by atoms with Crippen molar-refractivity contribution in [2.24, 2.45) is 0 Å². The summed E-state index contributed by atoms with van der Waals surface area (Å²) in [6.07, 6.45) is 0. The molecule has 0 fully saturated rings. The van der Waals surface area contributed by atoms with Gasteiger partial charge >= 0.3 is 0 Å². The first-order chi connectivity index (χ1) is 33.2. The number of nitrogens with zero attached hydrogens (tertiary/aromatic N) is 2. The van der Waals surface area contributed by atoms with Gasteiger partial charge in [0.05, 0.1) is 11.0 Å². The van der Waals surface area contributed by atoms with E-state index in [4.69, 9.17) is 0 Å². The van der Waals surface area contributed by atoms with Crippen LogP contribution in [0.2, 0.25) is 0 Å². The van der Waals surface area contributed by atoms with E-state index in [0.717, 1.165) is 22.7 Å². The molecule has 0 atom stereocenters. The van der Waals surface area contributed by atoms with Crippen LogP contribution in [0.15, 0.2) is 231 Å². The third kappa shape index (κ3) is 6.10. The van der Waals surface area contributed by atoms with E-state index in [1.807, 2.05) is 0 Å². The van der Waals surface area contributed by atoms with Crippen LogP contribution in [-0.4, -0.2) is 4.57 Å². The SMILES string of the molecule is CC1(C)c2ccccc2-c2ccc(N(c3ccc(-c4ccc5c(c4)c4cc(-c6ccccc6)cc(-c6ccccc6)c4n5-c4ccccc4)cc3)c3ccc4c(c3)C(C)(C)c3ccccc3-4)cc21. The molecule has 13 rings (SSSR count). The molecule has 2 aliphatic carbocycles. The predicted octanol–water partition coefficient (Wildman–Crippen LogP) is 17.9. The minimum Gasteiger partial charge on any atom is -0.310 e. The average Bonchev–Trinajstić information content (AvgIpc) is 3.93. The van der Waals surface area contributed by atoms with Crippen molar-refractivity contribution < 1.29 is 0 Å². The summed E-state index contributed by atoms with van der Waals surface area (Å²) in [6, 6.07) is 85.6. The molecule has 11 aromatic rings. The summed E-state index contributed by atoms with van der Waals surface area (Å²) in [5, 5.41) is 2.46. The number of aromatic nitrogens is 1. The highest BCUT2D eigenvalue weighted by atomic mass is 15.1. The van der Waals surface area contributed by atoms with Crippen LogP contribution in [0, 0.1) is 0 Å². The van der Waals surface area contributed by atoms with E-state index in [9.17, 15) is 0 Å². The lowest BCUT2D eigenvalue weighted by atomic mass is 9.82. The molecule has 1 heterocycles. The van der Waals surface area contributed by atoms with E-state index in [-0.39, 0.29) is 10.8 Å². The van der Waals surface area contributed by atoms with Crippen molar-refractivity contribution in [2.45, 2.75) is 38.5 Å². The minimum absolute atomic E-state index is 0.120. The van der Waals surface area contributed by atoms with Gasteiger partial charge in [0, 0.05) is 49.9 Å². The number of para-hydroxylation sites is 1. The van der Waals surface area contributed by atoms with Crippen molar-refractivity contribution in [3.05, 3.63) is 253 Å². The van der Waals surface area contributed by atoms with Crippen molar-refractivity contribution in [1.29, 1.82) is 0 Å². The molecule has 0 saturated heterocycles. The summed E-state index contributed by atoms with van der Waals surface area (Å²) in [5.74, 6) is 0. The lowest BCUT2D eigenvalue weighted by molar-refractivity contribution is 0.660. The van der Waals surface area contributed by atoms with Gasteiger partial charge in [-0.05, 0) is 145 Å². The van der Waals surface area contributed by atoms with Crippen molar-refractivity contribution in [1.82, 2.24) is 4.57 Å². The smallest absolute Gasteiger partial charge is 0.0619 e. The Bertz CT molecular complexity index is 3660. The molecule has 324 valence electrons. The zero-order valence-corrected chi connectivity index (χ0v) is 38.8. The lowest BCUT2D eigenvalue weighted by Crippen LogP contribution is -2.18. The summed E-state index contributed by atoms with van der Waals surface area (Å²) in [5.41, 5.74) is 24.7. The molecule has 0 unspecified atom stereocenters. The van der Waals surface area contributed by atoms with Crippen LogP contribution in [0.1, 0.15) is 49.9 Å². The van der Waals surface area contributed by atoms with Gasteiger partial charge in [0.15, 0.2) is 0 Å². The molecule has 10 aromatic carbocycles. The third-order valence-corrected chi connectivity index (χ3v) is 15.2. The maximum atomic E-state index is 2.47. The maximum absolute atomic E-state index is 2.47. The van der Waals surface area contributed by atoms with Crippen molar-refractivity contribution >= 4 is 38.9 Å². The van der Waals surface area contributed by atoms with E-state index in [1.165, 1.54) is 99.7 Å². The molecule has 2 nitrogen and oxygen atoms in total. The van der Waals surface area contributed by atoms with Gasteiger partial charge in [-0.25, -0.2) is 0 Å². The Morgan fingerprint density at radius 1 is 0.309 bits per heavy atom. The largest absolute Gasteiger partial charge is 0.310 e. The zero-order chi connectivity index (χ0) is 45.7. The normalized spacial score (nSPS) is 13.8. The number of fused-ring (bicyclic) bond motifs is 9. The van der Waals surface area contributed by atoms with Gasteiger partial charge in [-0.15, -0.1) is 0 Å². The standard InChI is InChI=1S/C66H50N2/c1-65(2)59-26-16-14-24-52(59)54-35-33-50(41-61(54)65)67(51-34-36-55-53-25-15-17-27-60(53)66(3,4)62(55)42-51)49-31-28-44(29-32-49)46-30-37-63-57(38-46)58-40-47(43-18-8-5-9-19-43)39-56(45-20-10-6-11-21-45)64(58)68(63)48-22-12-7-13-23-48/h5-42H,1-4H3. The molecule has 2 aliphatic rings. The Morgan fingerprint density at radius 2 is 0.765 bits per heavy atom. The molecule has 0 spiro atoms. The lowest BCUT2D eigenvalue weighted by Gasteiger charge is -2.30. The van der Waals surface area contributed by atoms with E-state index < -0.39 is 0 Å². The topological polar surface area (TPSA) is 8.17 Å². The zero-order valence-electron chi connectivity index (χ0n) is 38.8. The molecular formula is C66H50N2. The minimum atomic E-state index is -0.120. The second-order valence-corrected chi connectivity index (χ2v) is 19.7. The van der Waals surface area contributed by atoms with E-state index in [1.54, 1.807) is 0 Å². The van der Waals surface area contributed by atoms with Crippen LogP contribution < -0.4 is 4.90 Å². The Morgan fingerprint density at radius 3 is 1.35 bits per heavy atom. The fourth-order valence-corrected chi connectivity index (χ4v) is 11.7. The molecule has 1 aromatic heterocycles. The quantitative estimate of drug-likeness (QED) is 0.155. The van der Waals surface area contributed by atoms with E-state index >= 15 is 0 Å². The summed E-state index contributed by atoms with van der Waals surface area (Å²) >= 11 is 0. The van der Waals surface area contributed by atoms with Gasteiger partial charge in [-0.1, -0.05) is 185 Å². The second kappa shape index (κ2) is 15.2. The van der Waals surface area contributed by atoms with Crippen LogP contribution in [0.25, 0.3) is 83.1 Å². The number of anilines is 3. The van der Waals surface area contributed by atoms with Crippen LogP contribution in [-0.2, 0) is 10.8 Å². The fraction of sp³-hybridized carbons (Fsp3) is 0.0909. The summed E-state index contributed by atoms with van der Waals surface area (Å²) in [4.78, 5) is 2.47. The van der Waals surface area contributed by atoms with Gasteiger partial charge < -0.3 is 9.47 Å². The highest BCUT2D eigenvalue weighted by molar-refractivity contribution is 6.16. The molecule has 68 heavy (non-hydrogen) atoms. The highest BCUT2D eigenvalue weighted by Crippen LogP contribution is 2.53. The first kappa shape index (κ1) is 40.1. The average molecular weight is 871 g/mol. The Kier molecular flexibility index (Phi) is 8.95. The number of benzene rings is 10. The first-order valence-corrected chi connectivity index (χ1v) is 23.9.